The van der Waals surface area contributed by atoms with Gasteiger partial charge in [-0.2, -0.15) is 0 Å². The van der Waals surface area contributed by atoms with E-state index in [9.17, 15) is 14.7 Å². The van der Waals surface area contributed by atoms with Crippen LogP contribution in [0.2, 0.25) is 0 Å². The first kappa shape index (κ1) is 15.8. The molecule has 0 saturated heterocycles. The molecule has 114 valence electrons. The quantitative estimate of drug-likeness (QED) is 0.616. The zero-order valence-electron chi connectivity index (χ0n) is 11.5. The summed E-state index contributed by atoms with van der Waals surface area (Å²) in [6.45, 7) is 1.85. The fourth-order valence-corrected chi connectivity index (χ4v) is 2.21. The van der Waals surface area contributed by atoms with E-state index in [1.165, 1.54) is 30.3 Å². The summed E-state index contributed by atoms with van der Waals surface area (Å²) in [5.74, 6) is -1.75. The van der Waals surface area contributed by atoms with Crippen LogP contribution in [0.3, 0.4) is 0 Å². The van der Waals surface area contributed by atoms with Gasteiger partial charge >= 0.3 is 11.9 Å². The predicted octanol–water partition coefficient (Wildman–Crippen LogP) is 2.55. The van der Waals surface area contributed by atoms with Crippen LogP contribution in [-0.4, -0.2) is 32.3 Å². The molecule has 0 amide bonds. The van der Waals surface area contributed by atoms with E-state index >= 15 is 0 Å². The Labute approximate surface area is 129 Å². The van der Waals surface area contributed by atoms with Crippen LogP contribution in [0.1, 0.15) is 28.7 Å². The van der Waals surface area contributed by atoms with Gasteiger partial charge in [0.25, 0.3) is 5.22 Å². The van der Waals surface area contributed by atoms with Gasteiger partial charge in [0.15, 0.2) is 0 Å². The number of carbonyl (C=O) groups is 2. The maximum Gasteiger partial charge on any atom is 0.342 e. The number of carboxylic acids is 2. The summed E-state index contributed by atoms with van der Waals surface area (Å²) in [7, 11) is 0. The fourth-order valence-electron chi connectivity index (χ4n) is 1.52. The van der Waals surface area contributed by atoms with Gasteiger partial charge in [-0.05, 0) is 35.5 Å². The van der Waals surface area contributed by atoms with Crippen LogP contribution in [0.15, 0.2) is 38.8 Å². The molecule has 1 aromatic heterocycles. The van der Waals surface area contributed by atoms with Crippen LogP contribution < -0.4 is 0 Å². The highest BCUT2D eigenvalue weighted by Gasteiger charge is 2.14. The van der Waals surface area contributed by atoms with Gasteiger partial charge < -0.3 is 14.6 Å². The average Bonchev–Trinajstić information content (AvgIpc) is 2.94. The highest BCUT2D eigenvalue weighted by molar-refractivity contribution is 8.03. The van der Waals surface area contributed by atoms with Crippen LogP contribution in [-0.2, 0) is 11.2 Å². The molecule has 0 saturated carbocycles. The predicted molar refractivity (Wildman–Crippen MR) is 78.5 cm³/mol. The molecule has 8 heteroatoms. The van der Waals surface area contributed by atoms with Gasteiger partial charge in [0, 0.05) is 6.42 Å². The summed E-state index contributed by atoms with van der Waals surface area (Å²) >= 11 is 0.843. The van der Waals surface area contributed by atoms with Crippen molar-refractivity contribution in [3.8, 4) is 0 Å². The fraction of sp³-hybridized carbons (Fsp3) is 0.143. The second kappa shape index (κ2) is 6.90. The van der Waals surface area contributed by atoms with Crippen LogP contribution in [0.25, 0.3) is 6.08 Å². The maximum atomic E-state index is 11.3. The van der Waals surface area contributed by atoms with Gasteiger partial charge in [-0.15, -0.1) is 10.2 Å². The number of nitrogens with zero attached hydrogens (tertiary/aromatic N) is 2. The first-order valence-corrected chi connectivity index (χ1v) is 7.10. The van der Waals surface area contributed by atoms with Gasteiger partial charge in [0.2, 0.25) is 5.89 Å². The van der Waals surface area contributed by atoms with Crippen LogP contribution >= 0.6 is 11.8 Å². The first-order chi connectivity index (χ1) is 10.5. The lowest BCUT2D eigenvalue weighted by molar-refractivity contribution is -0.131. The monoisotopic (exact) mass is 320 g/mol. The van der Waals surface area contributed by atoms with Crippen molar-refractivity contribution in [1.29, 1.82) is 0 Å². The van der Waals surface area contributed by atoms with Crippen molar-refractivity contribution in [3.05, 3.63) is 46.2 Å². The molecule has 0 atom stereocenters. The largest absolute Gasteiger partial charge is 0.478 e. The molecule has 0 spiro atoms. The number of hydrogen-bond donors (Lipinski definition) is 2. The van der Waals surface area contributed by atoms with Crippen LogP contribution in [0.5, 0.6) is 0 Å². The molecule has 0 unspecified atom stereocenters. The van der Waals surface area contributed by atoms with E-state index in [2.05, 4.69) is 10.2 Å². The Kier molecular flexibility index (Phi) is 4.95. The van der Waals surface area contributed by atoms with Crippen molar-refractivity contribution in [2.75, 3.05) is 0 Å². The van der Waals surface area contributed by atoms with E-state index in [0.717, 1.165) is 11.8 Å². The van der Waals surface area contributed by atoms with Gasteiger partial charge in [-0.1, -0.05) is 19.1 Å². The van der Waals surface area contributed by atoms with E-state index in [-0.39, 0.29) is 15.7 Å². The van der Waals surface area contributed by atoms with Crippen molar-refractivity contribution >= 4 is 29.8 Å². The number of hydrogen-bond acceptors (Lipinski definition) is 6. The lowest BCUT2D eigenvalue weighted by atomic mass is 10.1. The normalized spacial score (nSPS) is 11.4. The van der Waals surface area contributed by atoms with Gasteiger partial charge in [-0.25, -0.2) is 9.59 Å². The summed E-state index contributed by atoms with van der Waals surface area (Å²) < 4.78 is 5.26. The van der Waals surface area contributed by atoms with Crippen molar-refractivity contribution < 1.29 is 24.2 Å². The third kappa shape index (κ3) is 3.95. The van der Waals surface area contributed by atoms with Crippen molar-refractivity contribution in [1.82, 2.24) is 10.2 Å². The summed E-state index contributed by atoms with van der Waals surface area (Å²) in [4.78, 5) is 22.1. The van der Waals surface area contributed by atoms with E-state index in [4.69, 9.17) is 9.52 Å². The molecule has 0 radical (unpaired) electrons. The molecule has 0 bridgehead atoms. The zero-order chi connectivity index (χ0) is 16.1. The Balaban J connectivity index is 2.22. The third-order valence-corrected chi connectivity index (χ3v) is 3.47. The molecule has 1 aromatic carbocycles. The minimum absolute atomic E-state index is 0.00521. The number of aromatic nitrogens is 2. The molecule has 0 fully saturated rings. The molecule has 0 aliphatic carbocycles. The number of benzene rings is 1. The zero-order valence-corrected chi connectivity index (χ0v) is 12.3. The topological polar surface area (TPSA) is 114 Å². The molecular formula is C14H12N2O5S. The van der Waals surface area contributed by atoms with Crippen molar-refractivity contribution in [2.24, 2.45) is 0 Å². The molecule has 2 aromatic rings. The molecule has 2 rings (SSSR count). The van der Waals surface area contributed by atoms with Crippen LogP contribution in [0.4, 0.5) is 0 Å². The number of thioether (sulfide) groups is 1. The lowest BCUT2D eigenvalue weighted by Gasteiger charge is -2.00. The lowest BCUT2D eigenvalue weighted by Crippen LogP contribution is -1.98. The van der Waals surface area contributed by atoms with Crippen molar-refractivity contribution in [3.63, 3.8) is 0 Å². The Morgan fingerprint density at radius 2 is 1.91 bits per heavy atom. The van der Waals surface area contributed by atoms with Crippen LogP contribution in [0, 0.1) is 0 Å². The number of rotatable bonds is 6. The van der Waals surface area contributed by atoms with Crippen molar-refractivity contribution in [2.45, 2.75) is 18.6 Å². The van der Waals surface area contributed by atoms with Gasteiger partial charge in [0.05, 0.1) is 5.56 Å². The van der Waals surface area contributed by atoms with Gasteiger partial charge in [-0.3, -0.25) is 0 Å². The minimum Gasteiger partial charge on any atom is -0.478 e. The Morgan fingerprint density at radius 1 is 1.23 bits per heavy atom. The Bertz CT molecular complexity index is 721. The molecule has 1 heterocycles. The molecule has 7 nitrogen and oxygen atoms in total. The molecule has 0 aliphatic rings. The number of aryl methyl sites for hydroxylation is 1. The number of carboxylic acid groups (broad SMARTS) is 2. The van der Waals surface area contributed by atoms with Gasteiger partial charge in [0.1, 0.15) is 4.91 Å². The Hall–Kier alpha value is -2.61. The number of aliphatic carboxylic acids is 1. The molecule has 0 aliphatic heterocycles. The van der Waals surface area contributed by atoms with E-state index in [0.29, 0.717) is 17.9 Å². The maximum absolute atomic E-state index is 11.3. The standard InChI is InChI=1S/C14H12N2O5S/c1-2-11-15-16-14(21-11)22-10(13(19)20)7-8-3-5-9(6-4-8)12(17)18/h3-7H,2H2,1H3,(H,17,18)(H,19,20)/b10-7-. The molecule has 2 N–H and O–H groups in total. The van der Waals surface area contributed by atoms with E-state index in [1.54, 1.807) is 0 Å². The molecule has 22 heavy (non-hydrogen) atoms. The summed E-state index contributed by atoms with van der Waals surface area (Å²) in [5, 5.41) is 25.7. The second-order valence-corrected chi connectivity index (χ2v) is 5.15. The average molecular weight is 320 g/mol. The number of aromatic carboxylic acids is 1. The molecular weight excluding hydrogens is 308 g/mol. The summed E-state index contributed by atoms with van der Waals surface area (Å²) in [6, 6.07) is 5.86. The first-order valence-electron chi connectivity index (χ1n) is 6.28. The summed E-state index contributed by atoms with van der Waals surface area (Å²) in [5.41, 5.74) is 0.691. The highest BCUT2D eigenvalue weighted by Crippen LogP contribution is 2.27. The SMILES string of the molecule is CCc1nnc(S/C(=C\c2ccc(C(=O)O)cc2)C(=O)O)o1. The van der Waals surface area contributed by atoms with E-state index in [1.807, 2.05) is 6.92 Å². The van der Waals surface area contributed by atoms with E-state index < -0.39 is 11.9 Å². The third-order valence-electron chi connectivity index (χ3n) is 2.61. The second-order valence-electron chi connectivity index (χ2n) is 4.16. The minimum atomic E-state index is -1.14. The smallest absolute Gasteiger partial charge is 0.342 e. The summed E-state index contributed by atoms with van der Waals surface area (Å²) in [6.07, 6.45) is 1.98. The Morgan fingerprint density at radius 3 is 2.41 bits per heavy atom. The highest BCUT2D eigenvalue weighted by atomic mass is 32.2.